The van der Waals surface area contributed by atoms with Crippen LogP contribution in [0.4, 0.5) is 11.4 Å². The first-order valence-corrected chi connectivity index (χ1v) is 7.00. The summed E-state index contributed by atoms with van der Waals surface area (Å²) in [5, 5.41) is 3.18. The summed E-state index contributed by atoms with van der Waals surface area (Å²) in [6.45, 7) is 2.81. The van der Waals surface area contributed by atoms with Crippen molar-refractivity contribution in [3.8, 4) is 0 Å². The first-order chi connectivity index (χ1) is 10.1. The molecule has 0 saturated heterocycles. The van der Waals surface area contributed by atoms with Crippen molar-refractivity contribution in [1.82, 2.24) is 0 Å². The second-order valence-electron chi connectivity index (χ2n) is 5.08. The molecule has 0 aliphatic heterocycles. The molecule has 0 aromatic heterocycles. The molecule has 2 aromatic rings. The lowest BCUT2D eigenvalue weighted by Gasteiger charge is -2.20. The molecule has 0 unspecified atom stereocenters. The van der Waals surface area contributed by atoms with E-state index in [9.17, 15) is 9.59 Å². The Hall–Kier alpha value is -2.62. The van der Waals surface area contributed by atoms with Crippen molar-refractivity contribution in [1.29, 1.82) is 0 Å². The van der Waals surface area contributed by atoms with Crippen LogP contribution < -0.4 is 11.1 Å². The normalized spacial score (nSPS) is 12.8. The SMILES string of the molecule is CCCNc1ccc2c(c1N)C(=O)c1ccccc1C2=O. The van der Waals surface area contributed by atoms with Gasteiger partial charge in [-0.1, -0.05) is 31.2 Å². The molecule has 0 fully saturated rings. The molecule has 0 radical (unpaired) electrons. The maximum Gasteiger partial charge on any atom is 0.196 e. The Morgan fingerprint density at radius 3 is 2.29 bits per heavy atom. The number of ketones is 2. The molecule has 0 spiro atoms. The van der Waals surface area contributed by atoms with Crippen LogP contribution in [0.15, 0.2) is 36.4 Å². The van der Waals surface area contributed by atoms with E-state index in [0.29, 0.717) is 33.6 Å². The van der Waals surface area contributed by atoms with E-state index >= 15 is 0 Å². The molecule has 3 rings (SSSR count). The van der Waals surface area contributed by atoms with Crippen LogP contribution in [0.3, 0.4) is 0 Å². The lowest BCUT2D eigenvalue weighted by Crippen LogP contribution is -2.23. The molecule has 0 bridgehead atoms. The number of hydrogen-bond acceptors (Lipinski definition) is 4. The predicted octanol–water partition coefficient (Wildman–Crippen LogP) is 2.87. The molecule has 1 aliphatic carbocycles. The highest BCUT2D eigenvalue weighted by atomic mass is 16.1. The predicted molar refractivity (Wildman–Crippen MR) is 82.9 cm³/mol. The van der Waals surface area contributed by atoms with E-state index < -0.39 is 0 Å². The number of carbonyl (C=O) groups excluding carboxylic acids is 2. The molecule has 0 saturated carbocycles. The largest absolute Gasteiger partial charge is 0.396 e. The number of benzene rings is 2. The topological polar surface area (TPSA) is 72.2 Å². The molecule has 21 heavy (non-hydrogen) atoms. The quantitative estimate of drug-likeness (QED) is 0.724. The van der Waals surface area contributed by atoms with E-state index in [-0.39, 0.29) is 11.6 Å². The molecule has 106 valence electrons. The number of anilines is 2. The Morgan fingerprint density at radius 1 is 0.952 bits per heavy atom. The van der Waals surface area contributed by atoms with E-state index in [0.717, 1.165) is 13.0 Å². The monoisotopic (exact) mass is 280 g/mol. The highest BCUT2D eigenvalue weighted by molar-refractivity contribution is 6.30. The summed E-state index contributed by atoms with van der Waals surface area (Å²) < 4.78 is 0. The summed E-state index contributed by atoms with van der Waals surface area (Å²) in [6, 6.07) is 10.3. The van der Waals surface area contributed by atoms with Crippen LogP contribution in [0.1, 0.15) is 45.2 Å². The van der Waals surface area contributed by atoms with Crippen LogP contribution in [-0.4, -0.2) is 18.1 Å². The van der Waals surface area contributed by atoms with E-state index in [2.05, 4.69) is 5.32 Å². The van der Waals surface area contributed by atoms with Crippen molar-refractivity contribution in [2.45, 2.75) is 13.3 Å². The van der Waals surface area contributed by atoms with Gasteiger partial charge in [-0.3, -0.25) is 9.59 Å². The minimum absolute atomic E-state index is 0.144. The van der Waals surface area contributed by atoms with Crippen LogP contribution in [-0.2, 0) is 0 Å². The number of fused-ring (bicyclic) bond motifs is 2. The summed E-state index contributed by atoms with van der Waals surface area (Å²) in [5.41, 5.74) is 8.76. The lowest BCUT2D eigenvalue weighted by molar-refractivity contribution is 0.0980. The second kappa shape index (κ2) is 5.05. The number of nitrogens with two attached hydrogens (primary N) is 1. The fraction of sp³-hybridized carbons (Fsp3) is 0.176. The molecular formula is C17H16N2O2. The van der Waals surface area contributed by atoms with Crippen LogP contribution in [0.5, 0.6) is 0 Å². The summed E-state index contributed by atoms with van der Waals surface area (Å²) in [7, 11) is 0. The summed E-state index contributed by atoms with van der Waals surface area (Å²) in [6.07, 6.45) is 0.951. The van der Waals surface area contributed by atoms with E-state index in [4.69, 9.17) is 5.73 Å². The second-order valence-corrected chi connectivity index (χ2v) is 5.08. The third kappa shape index (κ3) is 2.00. The average Bonchev–Trinajstić information content (AvgIpc) is 2.51. The van der Waals surface area contributed by atoms with Gasteiger partial charge in [-0.2, -0.15) is 0 Å². The fourth-order valence-corrected chi connectivity index (χ4v) is 2.63. The molecule has 4 heteroatoms. The first kappa shape index (κ1) is 13.4. The van der Waals surface area contributed by atoms with Crippen LogP contribution in [0, 0.1) is 0 Å². The van der Waals surface area contributed by atoms with Gasteiger partial charge in [0.15, 0.2) is 11.6 Å². The standard InChI is InChI=1S/C17H16N2O2/c1-2-9-19-13-8-7-12-14(15(13)18)17(21)11-6-4-3-5-10(11)16(12)20/h3-8,19H,2,9,18H2,1H3. The highest BCUT2D eigenvalue weighted by Gasteiger charge is 2.31. The average molecular weight is 280 g/mol. The van der Waals surface area contributed by atoms with Crippen molar-refractivity contribution in [3.05, 3.63) is 58.7 Å². The van der Waals surface area contributed by atoms with E-state index in [1.54, 1.807) is 36.4 Å². The smallest absolute Gasteiger partial charge is 0.196 e. The van der Waals surface area contributed by atoms with Gasteiger partial charge in [0.05, 0.1) is 16.9 Å². The number of rotatable bonds is 3. The van der Waals surface area contributed by atoms with Crippen LogP contribution >= 0.6 is 0 Å². The number of nitrogen functional groups attached to an aromatic ring is 1. The zero-order valence-corrected chi connectivity index (χ0v) is 11.8. The van der Waals surface area contributed by atoms with Gasteiger partial charge in [0.1, 0.15) is 0 Å². The van der Waals surface area contributed by atoms with Crippen molar-refractivity contribution in [2.75, 3.05) is 17.6 Å². The van der Waals surface area contributed by atoms with Gasteiger partial charge in [0.2, 0.25) is 0 Å². The van der Waals surface area contributed by atoms with Gasteiger partial charge < -0.3 is 11.1 Å². The van der Waals surface area contributed by atoms with Crippen LogP contribution in [0.25, 0.3) is 0 Å². The van der Waals surface area contributed by atoms with Crippen molar-refractivity contribution >= 4 is 22.9 Å². The Bertz CT molecular complexity index is 750. The van der Waals surface area contributed by atoms with Gasteiger partial charge in [0.25, 0.3) is 0 Å². The third-order valence-corrected chi connectivity index (χ3v) is 3.70. The molecule has 0 heterocycles. The minimum atomic E-state index is -0.183. The zero-order chi connectivity index (χ0) is 15.0. The number of carbonyl (C=O) groups is 2. The molecule has 1 aliphatic rings. The molecule has 0 atom stereocenters. The maximum atomic E-state index is 12.6. The zero-order valence-electron chi connectivity index (χ0n) is 11.8. The Labute approximate surface area is 123 Å². The molecule has 4 nitrogen and oxygen atoms in total. The van der Waals surface area contributed by atoms with Gasteiger partial charge in [0, 0.05) is 23.2 Å². The molecular weight excluding hydrogens is 264 g/mol. The van der Waals surface area contributed by atoms with Crippen molar-refractivity contribution in [3.63, 3.8) is 0 Å². The van der Waals surface area contributed by atoms with Crippen molar-refractivity contribution in [2.24, 2.45) is 0 Å². The van der Waals surface area contributed by atoms with Gasteiger partial charge >= 0.3 is 0 Å². The summed E-state index contributed by atoms with van der Waals surface area (Å²) in [5.74, 6) is -0.327. The maximum absolute atomic E-state index is 12.6. The summed E-state index contributed by atoms with van der Waals surface area (Å²) >= 11 is 0. The Morgan fingerprint density at radius 2 is 1.62 bits per heavy atom. The minimum Gasteiger partial charge on any atom is -0.396 e. The van der Waals surface area contributed by atoms with Gasteiger partial charge in [-0.15, -0.1) is 0 Å². The lowest BCUT2D eigenvalue weighted by atomic mass is 9.83. The Kier molecular flexibility index (Phi) is 3.22. The molecule has 2 aromatic carbocycles. The van der Waals surface area contributed by atoms with E-state index in [1.807, 2.05) is 6.92 Å². The number of hydrogen-bond donors (Lipinski definition) is 2. The third-order valence-electron chi connectivity index (χ3n) is 3.70. The number of nitrogens with one attached hydrogen (secondary N) is 1. The first-order valence-electron chi connectivity index (χ1n) is 7.00. The molecule has 3 N–H and O–H groups in total. The van der Waals surface area contributed by atoms with Crippen molar-refractivity contribution < 1.29 is 9.59 Å². The van der Waals surface area contributed by atoms with Crippen LogP contribution in [0.2, 0.25) is 0 Å². The summed E-state index contributed by atoms with van der Waals surface area (Å²) in [4.78, 5) is 25.1. The van der Waals surface area contributed by atoms with E-state index in [1.165, 1.54) is 0 Å². The highest BCUT2D eigenvalue weighted by Crippen LogP contribution is 2.34. The molecule has 0 amide bonds. The van der Waals surface area contributed by atoms with Gasteiger partial charge in [-0.25, -0.2) is 0 Å². The fourth-order valence-electron chi connectivity index (χ4n) is 2.63. The van der Waals surface area contributed by atoms with Gasteiger partial charge in [-0.05, 0) is 18.6 Å². The Balaban J connectivity index is 2.17.